The highest BCUT2D eigenvalue weighted by molar-refractivity contribution is 7.07. The van der Waals surface area contributed by atoms with Crippen molar-refractivity contribution in [2.24, 2.45) is 0 Å². The summed E-state index contributed by atoms with van der Waals surface area (Å²) in [5.41, 5.74) is 6.18. The van der Waals surface area contributed by atoms with Crippen LogP contribution < -0.4 is 5.73 Å². The Morgan fingerprint density at radius 1 is 0.652 bits per heavy atom. The molecule has 3 aromatic rings. The maximum atomic E-state index is 5.36. The third-order valence-electron chi connectivity index (χ3n) is 1.72. The second-order valence-corrected chi connectivity index (χ2v) is 3.91. The molecular weight excluding hydrogens is 300 g/mol. The van der Waals surface area contributed by atoms with Crippen LogP contribution in [0, 0.1) is 0 Å². The second kappa shape index (κ2) is 28.2. The van der Waals surface area contributed by atoms with E-state index in [4.69, 9.17) is 5.73 Å². The first kappa shape index (κ1) is 25.9. The number of para-hydroxylation sites is 1. The summed E-state index contributed by atoms with van der Waals surface area (Å²) in [6, 6.07) is 17.4. The molecule has 0 radical (unpaired) electrons. The van der Waals surface area contributed by atoms with Crippen LogP contribution in [0.4, 0.5) is 5.69 Å². The summed E-state index contributed by atoms with van der Waals surface area (Å²) in [6.45, 7) is 12.0. The summed E-state index contributed by atoms with van der Waals surface area (Å²) < 4.78 is 0. The van der Waals surface area contributed by atoms with Crippen molar-refractivity contribution in [1.29, 1.82) is 0 Å². The van der Waals surface area contributed by atoms with E-state index < -0.39 is 0 Å². The zero-order valence-electron chi connectivity index (χ0n) is 15.5. The maximum Gasteiger partial charge on any atom is 0.0313 e. The molecule has 0 bridgehead atoms. The topological polar surface area (TPSA) is 41.8 Å². The van der Waals surface area contributed by atoms with Crippen LogP contribution in [0.1, 0.15) is 41.5 Å². The fraction of sp³-hybridized carbons (Fsp3) is 0.300. The van der Waals surface area contributed by atoms with Crippen molar-refractivity contribution >= 4 is 17.0 Å². The zero-order chi connectivity index (χ0) is 18.2. The molecule has 130 valence electrons. The molecule has 1 aromatic carbocycles. The van der Waals surface area contributed by atoms with Crippen LogP contribution in [0.25, 0.3) is 0 Å². The molecule has 0 amide bonds. The molecule has 0 atom stereocenters. The van der Waals surface area contributed by atoms with Crippen LogP contribution >= 0.6 is 11.3 Å². The van der Waals surface area contributed by atoms with Gasteiger partial charge in [-0.2, -0.15) is 11.3 Å². The minimum atomic E-state index is 0.822. The molecule has 3 heteroatoms. The van der Waals surface area contributed by atoms with Crippen LogP contribution in [0.5, 0.6) is 0 Å². The predicted molar refractivity (Wildman–Crippen MR) is 110 cm³/mol. The van der Waals surface area contributed by atoms with Crippen LogP contribution in [0.2, 0.25) is 0 Å². The van der Waals surface area contributed by atoms with E-state index in [1.165, 1.54) is 0 Å². The number of anilines is 1. The van der Waals surface area contributed by atoms with Crippen LogP contribution in [-0.4, -0.2) is 4.98 Å². The van der Waals surface area contributed by atoms with Crippen molar-refractivity contribution in [3.63, 3.8) is 0 Å². The molecule has 0 saturated heterocycles. The number of rotatable bonds is 0. The first-order chi connectivity index (χ1) is 11.4. The second-order valence-electron chi connectivity index (χ2n) is 3.09. The van der Waals surface area contributed by atoms with Crippen molar-refractivity contribution in [2.45, 2.75) is 41.5 Å². The summed E-state index contributed by atoms with van der Waals surface area (Å²) in [6.07, 6.45) is 3.75. The van der Waals surface area contributed by atoms with Crippen molar-refractivity contribution in [3.8, 4) is 0 Å². The number of nitrogen functional groups attached to an aromatic ring is 1. The Labute approximate surface area is 147 Å². The van der Waals surface area contributed by atoms with Crippen molar-refractivity contribution in [1.82, 2.24) is 4.98 Å². The normalized spacial score (nSPS) is 6.87. The number of hydrogen-bond donors (Lipinski definition) is 2. The van der Waals surface area contributed by atoms with Crippen LogP contribution in [-0.2, 0) is 0 Å². The molecular formula is C20H34N2S. The van der Waals surface area contributed by atoms with Crippen molar-refractivity contribution < 1.29 is 0 Å². The molecule has 0 aliphatic heterocycles. The third kappa shape index (κ3) is 25.3. The van der Waals surface area contributed by atoms with E-state index >= 15 is 0 Å². The van der Waals surface area contributed by atoms with E-state index in [1.54, 1.807) is 11.3 Å². The Kier molecular flexibility index (Phi) is 31.8. The van der Waals surface area contributed by atoms with Gasteiger partial charge >= 0.3 is 0 Å². The van der Waals surface area contributed by atoms with Crippen LogP contribution in [0.15, 0.2) is 77.8 Å². The van der Waals surface area contributed by atoms with Crippen molar-refractivity contribution in [3.05, 3.63) is 77.8 Å². The van der Waals surface area contributed by atoms with Crippen LogP contribution in [0.3, 0.4) is 0 Å². The SMILES string of the molecule is CC.CC.CC.Nc1ccccc1.c1cc[nH]c1.c1ccsc1. The first-order valence-corrected chi connectivity index (χ1v) is 9.19. The molecule has 2 nitrogen and oxygen atoms in total. The van der Waals surface area contributed by atoms with E-state index in [1.807, 2.05) is 119 Å². The molecule has 0 fully saturated rings. The van der Waals surface area contributed by atoms with E-state index in [-0.39, 0.29) is 0 Å². The molecule has 23 heavy (non-hydrogen) atoms. The highest BCUT2D eigenvalue weighted by Gasteiger charge is 1.72. The van der Waals surface area contributed by atoms with E-state index in [2.05, 4.69) is 4.98 Å². The zero-order valence-corrected chi connectivity index (χ0v) is 16.3. The number of thiophene rings is 1. The molecule has 3 N–H and O–H groups in total. The number of aromatic nitrogens is 1. The first-order valence-electron chi connectivity index (χ1n) is 8.25. The summed E-state index contributed by atoms with van der Waals surface area (Å²) in [7, 11) is 0. The average Bonchev–Trinajstić information content (AvgIpc) is 3.39. The summed E-state index contributed by atoms with van der Waals surface area (Å²) in [5.74, 6) is 0. The lowest BCUT2D eigenvalue weighted by atomic mass is 10.3. The lowest BCUT2D eigenvalue weighted by Crippen LogP contribution is -1.79. The van der Waals surface area contributed by atoms with Gasteiger partial charge in [0.1, 0.15) is 0 Å². The van der Waals surface area contributed by atoms with Gasteiger partial charge in [0.05, 0.1) is 0 Å². The van der Waals surface area contributed by atoms with Gasteiger partial charge in [-0.05, 0) is 35.0 Å². The van der Waals surface area contributed by atoms with Gasteiger partial charge in [-0.25, -0.2) is 0 Å². The Morgan fingerprint density at radius 2 is 1.09 bits per heavy atom. The van der Waals surface area contributed by atoms with Gasteiger partial charge in [0.2, 0.25) is 0 Å². The predicted octanol–water partition coefficient (Wildman–Crippen LogP) is 7.11. The Morgan fingerprint density at radius 3 is 1.26 bits per heavy atom. The van der Waals surface area contributed by atoms with Gasteiger partial charge in [-0.3, -0.25) is 0 Å². The Hall–Kier alpha value is -2.00. The smallest absolute Gasteiger partial charge is 0.0313 e. The monoisotopic (exact) mass is 334 g/mol. The molecule has 0 saturated carbocycles. The van der Waals surface area contributed by atoms with E-state index in [0.717, 1.165) is 5.69 Å². The highest BCUT2D eigenvalue weighted by Crippen LogP contribution is 1.95. The number of H-pyrrole nitrogens is 1. The van der Waals surface area contributed by atoms with Gasteiger partial charge < -0.3 is 10.7 Å². The Bertz CT molecular complexity index is 373. The number of nitrogens with two attached hydrogens (primary N) is 1. The number of aromatic amines is 1. The number of nitrogens with one attached hydrogen (secondary N) is 1. The molecule has 2 aromatic heterocycles. The summed E-state index contributed by atoms with van der Waals surface area (Å²) in [5, 5.41) is 4.08. The minimum absolute atomic E-state index is 0.822. The summed E-state index contributed by atoms with van der Waals surface area (Å²) >= 11 is 1.71. The molecule has 2 heterocycles. The molecule has 3 rings (SSSR count). The Balaban J connectivity index is -0.000000227. The largest absolute Gasteiger partial charge is 0.399 e. The summed E-state index contributed by atoms with van der Waals surface area (Å²) in [4.78, 5) is 2.86. The van der Waals surface area contributed by atoms with E-state index in [0.29, 0.717) is 0 Å². The highest BCUT2D eigenvalue weighted by atomic mass is 32.1. The molecule has 0 spiro atoms. The fourth-order valence-electron chi connectivity index (χ4n) is 0.958. The lowest BCUT2D eigenvalue weighted by molar-refractivity contribution is 1.42. The molecule has 0 aliphatic rings. The standard InChI is InChI=1S/C6H7N.C4H5N.C4H4S.3C2H6/c7-6-4-2-1-3-5-6;2*1-2-4-5-3-1;3*1-2/h1-5H,7H2;1-5H;1-4H;3*1-2H3. The number of benzene rings is 1. The van der Waals surface area contributed by atoms with Gasteiger partial charge in [-0.15, -0.1) is 0 Å². The van der Waals surface area contributed by atoms with E-state index in [9.17, 15) is 0 Å². The van der Waals surface area contributed by atoms with Gasteiger partial charge in [0.15, 0.2) is 0 Å². The quantitative estimate of drug-likeness (QED) is 0.422. The molecule has 0 unspecified atom stereocenters. The fourth-order valence-corrected chi connectivity index (χ4v) is 1.41. The average molecular weight is 335 g/mol. The lowest BCUT2D eigenvalue weighted by Gasteiger charge is -1.83. The maximum absolute atomic E-state index is 5.36. The van der Waals surface area contributed by atoms with Gasteiger partial charge in [-0.1, -0.05) is 71.9 Å². The third-order valence-corrected chi connectivity index (χ3v) is 2.35. The van der Waals surface area contributed by atoms with Crippen molar-refractivity contribution in [2.75, 3.05) is 5.73 Å². The minimum Gasteiger partial charge on any atom is -0.399 e. The molecule has 0 aliphatic carbocycles. The van der Waals surface area contributed by atoms with Gasteiger partial charge in [0.25, 0.3) is 0 Å². The number of hydrogen-bond acceptors (Lipinski definition) is 2. The van der Waals surface area contributed by atoms with Gasteiger partial charge in [0, 0.05) is 18.1 Å².